The van der Waals surface area contributed by atoms with Gasteiger partial charge in [-0.05, 0) is 37.5 Å². The first-order chi connectivity index (χ1) is 43.4. The smallest absolute Gasteiger partial charge is 0.462 e. The SMILES string of the molecule is CCCCCCCCCCCCCCCCCCCC(=O)O[C@H](COC(=O)CCCCCCCCCCCCCCC(C)C)COP(=O)(O)OC[C@@H](O)COP(=O)(O)OC[C@@H](COC(=O)CCCCCCCCCCC)OC(=O)CCCCCCCCC(C)C. The molecule has 0 aliphatic rings. The number of hydrogen-bond acceptors (Lipinski definition) is 15. The number of ether oxygens (including phenoxy) is 4. The van der Waals surface area contributed by atoms with Gasteiger partial charge in [-0.15, -0.1) is 0 Å². The molecule has 0 aromatic heterocycles. The molecule has 2 unspecified atom stereocenters. The first kappa shape index (κ1) is 88.1. The Morgan fingerprint density at radius 2 is 0.511 bits per heavy atom. The van der Waals surface area contributed by atoms with Gasteiger partial charge in [0.2, 0.25) is 0 Å². The summed E-state index contributed by atoms with van der Waals surface area (Å²) in [4.78, 5) is 72.5. The van der Waals surface area contributed by atoms with E-state index in [1.165, 1.54) is 180 Å². The lowest BCUT2D eigenvalue weighted by Gasteiger charge is -2.21. The molecule has 0 saturated carbocycles. The number of phosphoric acid groups is 2. The number of esters is 4. The van der Waals surface area contributed by atoms with Crippen LogP contribution in [0, 0.1) is 11.8 Å². The topological polar surface area (TPSA) is 237 Å². The third-order valence-corrected chi connectivity index (χ3v) is 18.4. The number of aliphatic hydroxyl groups excluding tert-OH is 1. The van der Waals surface area contributed by atoms with E-state index in [4.69, 9.17) is 37.0 Å². The van der Waals surface area contributed by atoms with Crippen molar-refractivity contribution in [3.63, 3.8) is 0 Å². The number of aliphatic hydroxyl groups is 1. The summed E-state index contributed by atoms with van der Waals surface area (Å²) in [7, 11) is -9.90. The summed E-state index contributed by atoms with van der Waals surface area (Å²) < 4.78 is 68.2. The Hall–Kier alpha value is -1.94. The molecule has 0 fully saturated rings. The van der Waals surface area contributed by atoms with E-state index >= 15 is 0 Å². The molecule has 0 spiro atoms. The van der Waals surface area contributed by atoms with E-state index in [0.717, 1.165) is 95.8 Å². The van der Waals surface area contributed by atoms with E-state index in [1.807, 2.05) is 0 Å². The van der Waals surface area contributed by atoms with Gasteiger partial charge in [0.1, 0.15) is 19.3 Å². The molecule has 534 valence electrons. The maximum absolute atomic E-state index is 13.0. The molecular weight excluding hydrogens is 1190 g/mol. The van der Waals surface area contributed by atoms with E-state index in [2.05, 4.69) is 41.5 Å². The van der Waals surface area contributed by atoms with Crippen molar-refractivity contribution in [2.45, 2.75) is 381 Å². The zero-order chi connectivity index (χ0) is 66.5. The molecule has 17 nitrogen and oxygen atoms in total. The second kappa shape index (κ2) is 63.1. The second-order valence-corrected chi connectivity index (χ2v) is 29.5. The second-order valence-electron chi connectivity index (χ2n) is 26.6. The van der Waals surface area contributed by atoms with Crippen LogP contribution in [0.4, 0.5) is 0 Å². The molecule has 0 saturated heterocycles. The van der Waals surface area contributed by atoms with E-state index in [0.29, 0.717) is 31.6 Å². The summed E-state index contributed by atoms with van der Waals surface area (Å²) in [5.74, 6) is -0.676. The van der Waals surface area contributed by atoms with Crippen molar-refractivity contribution < 1.29 is 80.2 Å². The molecule has 19 heteroatoms. The lowest BCUT2D eigenvalue weighted by molar-refractivity contribution is -0.161. The van der Waals surface area contributed by atoms with Gasteiger partial charge in [0, 0.05) is 25.7 Å². The minimum absolute atomic E-state index is 0.102. The van der Waals surface area contributed by atoms with Gasteiger partial charge in [-0.1, -0.05) is 311 Å². The predicted octanol–water partition coefficient (Wildman–Crippen LogP) is 20.4. The predicted molar refractivity (Wildman–Crippen MR) is 363 cm³/mol. The zero-order valence-corrected chi connectivity index (χ0v) is 60.2. The van der Waals surface area contributed by atoms with Crippen LogP contribution in [0.3, 0.4) is 0 Å². The average Bonchev–Trinajstić information content (AvgIpc) is 3.66. The number of carbonyl (C=O) groups excluding carboxylic acids is 4. The highest BCUT2D eigenvalue weighted by molar-refractivity contribution is 7.47. The molecule has 0 aromatic rings. The Labute approximate surface area is 549 Å². The van der Waals surface area contributed by atoms with Gasteiger partial charge in [0.15, 0.2) is 12.2 Å². The van der Waals surface area contributed by atoms with Gasteiger partial charge in [0.25, 0.3) is 0 Å². The minimum Gasteiger partial charge on any atom is -0.462 e. The maximum atomic E-state index is 13.0. The number of carbonyl (C=O) groups is 4. The number of unbranched alkanes of at least 4 members (excludes halogenated alkanes) is 40. The fraction of sp³-hybridized carbons (Fsp3) is 0.944. The fourth-order valence-corrected chi connectivity index (χ4v) is 12.3. The molecule has 0 aliphatic carbocycles. The van der Waals surface area contributed by atoms with E-state index in [1.54, 1.807) is 0 Å². The normalized spacial score (nSPS) is 14.1. The van der Waals surface area contributed by atoms with Crippen LogP contribution in [0.5, 0.6) is 0 Å². The quantitative estimate of drug-likeness (QED) is 0.0222. The van der Waals surface area contributed by atoms with Crippen LogP contribution in [0.1, 0.15) is 363 Å². The number of hydrogen-bond donors (Lipinski definition) is 3. The summed E-state index contributed by atoms with van der Waals surface area (Å²) >= 11 is 0. The van der Waals surface area contributed by atoms with Crippen LogP contribution in [-0.2, 0) is 65.4 Å². The van der Waals surface area contributed by atoms with Crippen molar-refractivity contribution in [1.29, 1.82) is 0 Å². The maximum Gasteiger partial charge on any atom is 0.472 e. The average molecular weight is 1330 g/mol. The molecule has 5 atom stereocenters. The van der Waals surface area contributed by atoms with Crippen LogP contribution in [0.25, 0.3) is 0 Å². The highest BCUT2D eigenvalue weighted by atomic mass is 31.2. The molecule has 0 rings (SSSR count). The third kappa shape index (κ3) is 64.8. The molecular formula is C71H138O17P2. The number of rotatable bonds is 70. The van der Waals surface area contributed by atoms with Crippen molar-refractivity contribution in [2.75, 3.05) is 39.6 Å². The van der Waals surface area contributed by atoms with Gasteiger partial charge in [-0.25, -0.2) is 9.13 Å². The Morgan fingerprint density at radius 1 is 0.300 bits per heavy atom. The Kier molecular flexibility index (Phi) is 61.8. The summed E-state index contributed by atoms with van der Waals surface area (Å²) in [5, 5.41) is 10.6. The Balaban J connectivity index is 5.21. The van der Waals surface area contributed by atoms with Crippen molar-refractivity contribution in [3.05, 3.63) is 0 Å². The Morgan fingerprint density at radius 3 is 0.756 bits per heavy atom. The van der Waals surface area contributed by atoms with E-state index < -0.39 is 97.5 Å². The lowest BCUT2D eigenvalue weighted by atomic mass is 10.0. The van der Waals surface area contributed by atoms with Crippen molar-refractivity contribution in [3.8, 4) is 0 Å². The molecule has 3 N–H and O–H groups in total. The first-order valence-corrected chi connectivity index (χ1v) is 40.0. The monoisotopic (exact) mass is 1320 g/mol. The molecule has 0 aliphatic heterocycles. The van der Waals surface area contributed by atoms with Crippen LogP contribution < -0.4 is 0 Å². The number of phosphoric ester groups is 2. The van der Waals surface area contributed by atoms with E-state index in [9.17, 15) is 43.2 Å². The lowest BCUT2D eigenvalue weighted by Crippen LogP contribution is -2.30. The van der Waals surface area contributed by atoms with Crippen LogP contribution in [-0.4, -0.2) is 96.7 Å². The largest absolute Gasteiger partial charge is 0.472 e. The van der Waals surface area contributed by atoms with E-state index in [-0.39, 0.29) is 25.7 Å². The summed E-state index contributed by atoms with van der Waals surface area (Å²) in [6.45, 7) is 9.46. The molecule has 0 aromatic carbocycles. The van der Waals surface area contributed by atoms with Crippen molar-refractivity contribution in [1.82, 2.24) is 0 Å². The first-order valence-electron chi connectivity index (χ1n) is 37.0. The van der Waals surface area contributed by atoms with Crippen molar-refractivity contribution in [2.24, 2.45) is 11.8 Å². The molecule has 0 amide bonds. The van der Waals surface area contributed by atoms with Gasteiger partial charge in [-0.3, -0.25) is 37.3 Å². The minimum atomic E-state index is -4.95. The van der Waals surface area contributed by atoms with Gasteiger partial charge in [-0.2, -0.15) is 0 Å². The fourth-order valence-electron chi connectivity index (χ4n) is 10.8. The third-order valence-electron chi connectivity index (χ3n) is 16.5. The summed E-state index contributed by atoms with van der Waals surface area (Å²) in [6, 6.07) is 0. The van der Waals surface area contributed by atoms with Gasteiger partial charge in [0.05, 0.1) is 26.4 Å². The highest BCUT2D eigenvalue weighted by Crippen LogP contribution is 2.45. The van der Waals surface area contributed by atoms with Crippen LogP contribution in [0.15, 0.2) is 0 Å². The molecule has 90 heavy (non-hydrogen) atoms. The van der Waals surface area contributed by atoms with Crippen molar-refractivity contribution >= 4 is 39.5 Å². The molecule has 0 radical (unpaired) electrons. The van der Waals surface area contributed by atoms with Crippen LogP contribution >= 0.6 is 15.6 Å². The molecule has 0 heterocycles. The zero-order valence-electron chi connectivity index (χ0n) is 58.4. The molecule has 0 bridgehead atoms. The Bertz CT molecular complexity index is 1750. The van der Waals surface area contributed by atoms with Gasteiger partial charge >= 0.3 is 39.5 Å². The van der Waals surface area contributed by atoms with Gasteiger partial charge < -0.3 is 33.8 Å². The summed E-state index contributed by atoms with van der Waals surface area (Å²) in [6.07, 6.45) is 48.8. The standard InChI is InChI=1S/C71H138O17P2/c1-7-9-11-13-15-17-18-19-20-21-22-23-28-32-36-43-49-55-70(75)87-66(59-82-69(74)54-48-42-35-31-27-25-24-26-30-33-39-45-51-63(3)4)61-85-89(77,78)83-57-65(72)58-84-90(79,80)86-62-67(88-71(76)56-50-44-38-37-40-46-52-64(5)6)60-81-68(73)53-47-41-34-29-16-14-12-10-8-2/h63-67,72H,7-62H2,1-6H3,(H,77,78)(H,79,80)/t65-,66-,67-/m1/s1. The summed E-state index contributed by atoms with van der Waals surface area (Å²) in [5.41, 5.74) is 0. The van der Waals surface area contributed by atoms with Crippen LogP contribution in [0.2, 0.25) is 0 Å². The highest BCUT2D eigenvalue weighted by Gasteiger charge is 2.30.